The fourth-order valence-corrected chi connectivity index (χ4v) is 0.908. The van der Waals surface area contributed by atoms with Crippen molar-refractivity contribution in [2.45, 2.75) is 0 Å². The molecule has 6 nitrogen and oxygen atoms in total. The maximum atomic E-state index is 10.2. The predicted octanol–water partition coefficient (Wildman–Crippen LogP) is 0.637. The molecule has 0 fully saturated rings. The van der Waals surface area contributed by atoms with Crippen LogP contribution < -0.4 is 11.1 Å². The van der Waals surface area contributed by atoms with Gasteiger partial charge in [-0.25, -0.2) is 14.8 Å². The highest BCUT2D eigenvalue weighted by Gasteiger charge is 1.96. The summed E-state index contributed by atoms with van der Waals surface area (Å²) in [5.74, 6) is 0.568. The molecule has 0 radical (unpaired) electrons. The minimum absolute atomic E-state index is 0.178. The molecule has 0 atom stereocenters. The number of hydrogen-bond donors (Lipinski definition) is 2. The Labute approximate surface area is 85.4 Å². The molecule has 1 rings (SSSR count). The Hall–Kier alpha value is -1.56. The number of carbonyl (C=O) groups excluding carboxylic acids is 1. The molecular formula is C7H9ClN4O2. The Morgan fingerprint density at radius 3 is 3.07 bits per heavy atom. The third kappa shape index (κ3) is 3.90. The number of carbonyl (C=O) groups is 1. The van der Waals surface area contributed by atoms with Gasteiger partial charge in [0, 0.05) is 6.07 Å². The Balaban J connectivity index is 2.28. The summed E-state index contributed by atoms with van der Waals surface area (Å²) in [7, 11) is 0. The minimum atomic E-state index is -0.799. The summed E-state index contributed by atoms with van der Waals surface area (Å²) in [5, 5.41) is 3.22. The van der Waals surface area contributed by atoms with Gasteiger partial charge in [0.25, 0.3) is 0 Å². The zero-order valence-electron chi connectivity index (χ0n) is 7.24. The quantitative estimate of drug-likeness (QED) is 0.569. The van der Waals surface area contributed by atoms with Crippen LogP contribution in [0.5, 0.6) is 0 Å². The highest BCUT2D eigenvalue weighted by molar-refractivity contribution is 6.29. The maximum absolute atomic E-state index is 10.2. The van der Waals surface area contributed by atoms with Crippen molar-refractivity contribution in [2.75, 3.05) is 18.5 Å². The Morgan fingerprint density at radius 2 is 2.43 bits per heavy atom. The van der Waals surface area contributed by atoms with Crippen LogP contribution in [0.25, 0.3) is 0 Å². The van der Waals surface area contributed by atoms with Gasteiger partial charge < -0.3 is 15.8 Å². The van der Waals surface area contributed by atoms with Gasteiger partial charge in [-0.3, -0.25) is 0 Å². The standard InChI is InChI=1S/C7H9ClN4O2/c8-5-3-6(12-4-11-5)10-1-2-14-7(9)13/h3-4H,1-2H2,(H2,9,13)(H,10,11,12). The summed E-state index contributed by atoms with van der Waals surface area (Å²) < 4.78 is 4.49. The topological polar surface area (TPSA) is 90.1 Å². The zero-order valence-corrected chi connectivity index (χ0v) is 7.99. The largest absolute Gasteiger partial charge is 0.448 e. The molecule has 3 N–H and O–H groups in total. The van der Waals surface area contributed by atoms with Gasteiger partial charge in [-0.15, -0.1) is 0 Å². The minimum Gasteiger partial charge on any atom is -0.448 e. The third-order valence-corrected chi connectivity index (χ3v) is 1.49. The van der Waals surface area contributed by atoms with Gasteiger partial charge in [-0.05, 0) is 0 Å². The van der Waals surface area contributed by atoms with Crippen molar-refractivity contribution in [3.8, 4) is 0 Å². The Bertz CT molecular complexity index is 320. The number of amides is 1. The SMILES string of the molecule is NC(=O)OCCNc1cc(Cl)ncn1. The number of nitrogens with zero attached hydrogens (tertiary/aromatic N) is 2. The van der Waals surface area contributed by atoms with E-state index in [0.29, 0.717) is 17.5 Å². The van der Waals surface area contributed by atoms with Crippen molar-refractivity contribution in [3.63, 3.8) is 0 Å². The molecule has 1 aromatic rings. The van der Waals surface area contributed by atoms with E-state index in [9.17, 15) is 4.79 Å². The van der Waals surface area contributed by atoms with Gasteiger partial charge in [0.1, 0.15) is 23.9 Å². The van der Waals surface area contributed by atoms with Crippen LogP contribution in [0.1, 0.15) is 0 Å². The van der Waals surface area contributed by atoms with Crippen molar-refractivity contribution >= 4 is 23.5 Å². The molecule has 0 aliphatic rings. The number of halogens is 1. The molecule has 0 aliphatic carbocycles. The fourth-order valence-electron chi connectivity index (χ4n) is 0.761. The average Bonchev–Trinajstić information content (AvgIpc) is 2.12. The van der Waals surface area contributed by atoms with Gasteiger partial charge in [-0.2, -0.15) is 0 Å². The maximum Gasteiger partial charge on any atom is 0.404 e. The summed E-state index contributed by atoms with van der Waals surface area (Å²) in [6, 6.07) is 1.56. The molecule has 0 unspecified atom stereocenters. The molecule has 1 aromatic heterocycles. The van der Waals surface area contributed by atoms with Crippen molar-refractivity contribution in [2.24, 2.45) is 5.73 Å². The molecule has 0 aromatic carbocycles. The summed E-state index contributed by atoms with van der Waals surface area (Å²) in [6.45, 7) is 0.591. The highest BCUT2D eigenvalue weighted by atomic mass is 35.5. The molecule has 0 bridgehead atoms. The van der Waals surface area contributed by atoms with E-state index >= 15 is 0 Å². The van der Waals surface area contributed by atoms with Crippen molar-refractivity contribution in [3.05, 3.63) is 17.5 Å². The molecule has 0 aliphatic heterocycles. The number of nitrogens with two attached hydrogens (primary N) is 1. The van der Waals surface area contributed by atoms with Crippen LogP contribution >= 0.6 is 11.6 Å². The van der Waals surface area contributed by atoms with E-state index in [1.165, 1.54) is 6.33 Å². The molecule has 0 saturated carbocycles. The second-order valence-electron chi connectivity index (χ2n) is 2.32. The van der Waals surface area contributed by atoms with E-state index in [-0.39, 0.29) is 6.61 Å². The van der Waals surface area contributed by atoms with Crippen LogP contribution in [0.4, 0.5) is 10.6 Å². The Morgan fingerprint density at radius 1 is 1.64 bits per heavy atom. The number of nitrogens with one attached hydrogen (secondary N) is 1. The van der Waals surface area contributed by atoms with E-state index in [1.807, 2.05) is 0 Å². The molecule has 0 saturated heterocycles. The molecular weight excluding hydrogens is 208 g/mol. The first-order valence-electron chi connectivity index (χ1n) is 3.82. The molecule has 1 heterocycles. The van der Waals surface area contributed by atoms with E-state index in [2.05, 4.69) is 20.0 Å². The normalized spacial score (nSPS) is 9.50. The van der Waals surface area contributed by atoms with Gasteiger partial charge in [0.15, 0.2) is 0 Å². The van der Waals surface area contributed by atoms with Gasteiger partial charge in [-0.1, -0.05) is 11.6 Å². The molecule has 0 spiro atoms. The highest BCUT2D eigenvalue weighted by Crippen LogP contribution is 2.07. The summed E-state index contributed by atoms with van der Waals surface area (Å²) in [5.41, 5.74) is 4.76. The Kier molecular flexibility index (Phi) is 3.93. The van der Waals surface area contributed by atoms with Crippen LogP contribution in [-0.4, -0.2) is 29.2 Å². The molecule has 76 valence electrons. The van der Waals surface area contributed by atoms with Crippen LogP contribution in [0.15, 0.2) is 12.4 Å². The van der Waals surface area contributed by atoms with E-state index in [4.69, 9.17) is 17.3 Å². The van der Waals surface area contributed by atoms with Crippen LogP contribution in [-0.2, 0) is 4.74 Å². The first kappa shape index (κ1) is 10.5. The first-order chi connectivity index (χ1) is 6.68. The number of aromatic nitrogens is 2. The van der Waals surface area contributed by atoms with Crippen LogP contribution in [0.3, 0.4) is 0 Å². The number of primary amides is 1. The average molecular weight is 217 g/mol. The number of rotatable bonds is 4. The van der Waals surface area contributed by atoms with Gasteiger partial charge in [0.2, 0.25) is 0 Å². The lowest BCUT2D eigenvalue weighted by Gasteiger charge is -2.04. The van der Waals surface area contributed by atoms with Crippen LogP contribution in [0.2, 0.25) is 5.15 Å². The lowest BCUT2D eigenvalue weighted by molar-refractivity contribution is 0.161. The number of ether oxygens (including phenoxy) is 1. The number of hydrogen-bond acceptors (Lipinski definition) is 5. The zero-order chi connectivity index (χ0) is 10.4. The summed E-state index contributed by atoms with van der Waals surface area (Å²) in [4.78, 5) is 17.8. The second-order valence-corrected chi connectivity index (χ2v) is 2.71. The number of anilines is 1. The molecule has 1 amide bonds. The third-order valence-electron chi connectivity index (χ3n) is 1.29. The van der Waals surface area contributed by atoms with E-state index in [1.54, 1.807) is 6.07 Å². The monoisotopic (exact) mass is 216 g/mol. The summed E-state index contributed by atoms with van der Waals surface area (Å²) >= 11 is 5.61. The van der Waals surface area contributed by atoms with Gasteiger partial charge in [0.05, 0.1) is 6.54 Å². The predicted molar refractivity (Wildman–Crippen MR) is 51.1 cm³/mol. The first-order valence-corrected chi connectivity index (χ1v) is 4.20. The van der Waals surface area contributed by atoms with E-state index in [0.717, 1.165) is 0 Å². The lowest BCUT2D eigenvalue weighted by atomic mass is 10.5. The summed E-state index contributed by atoms with van der Waals surface area (Å²) in [6.07, 6.45) is 0.534. The van der Waals surface area contributed by atoms with Crippen LogP contribution in [0, 0.1) is 0 Å². The van der Waals surface area contributed by atoms with E-state index < -0.39 is 6.09 Å². The second kappa shape index (κ2) is 5.23. The molecule has 14 heavy (non-hydrogen) atoms. The van der Waals surface area contributed by atoms with Crippen molar-refractivity contribution < 1.29 is 9.53 Å². The van der Waals surface area contributed by atoms with Crippen molar-refractivity contribution in [1.82, 2.24) is 9.97 Å². The lowest BCUT2D eigenvalue weighted by Crippen LogP contribution is -2.18. The molecule has 7 heteroatoms. The fraction of sp³-hybridized carbons (Fsp3) is 0.286. The van der Waals surface area contributed by atoms with Gasteiger partial charge >= 0.3 is 6.09 Å². The smallest absolute Gasteiger partial charge is 0.404 e. The van der Waals surface area contributed by atoms with Crippen molar-refractivity contribution in [1.29, 1.82) is 0 Å².